The summed E-state index contributed by atoms with van der Waals surface area (Å²) >= 11 is 3.44. The van der Waals surface area contributed by atoms with Gasteiger partial charge in [-0.3, -0.25) is 0 Å². The average Bonchev–Trinajstić information content (AvgIpc) is 2.39. The lowest BCUT2D eigenvalue weighted by atomic mass is 9.88. The Morgan fingerprint density at radius 1 is 1.33 bits per heavy atom. The normalized spacial score (nSPS) is 16.3. The minimum absolute atomic E-state index is 0.00598. The zero-order valence-corrected chi connectivity index (χ0v) is 13.1. The summed E-state index contributed by atoms with van der Waals surface area (Å²) in [5.74, 6) is 0. The van der Waals surface area contributed by atoms with Crippen molar-refractivity contribution in [3.8, 4) is 0 Å². The third-order valence-electron chi connectivity index (χ3n) is 3.57. The third kappa shape index (κ3) is 5.09. The fourth-order valence-electron chi connectivity index (χ4n) is 1.76. The predicted molar refractivity (Wildman–Crippen MR) is 80.8 cm³/mol. The molecule has 0 aromatic heterocycles. The molecule has 2 atom stereocenters. The average molecular weight is 314 g/mol. The van der Waals surface area contributed by atoms with Gasteiger partial charge in [0.15, 0.2) is 0 Å². The van der Waals surface area contributed by atoms with Gasteiger partial charge in [0, 0.05) is 29.1 Å². The van der Waals surface area contributed by atoms with Gasteiger partial charge >= 0.3 is 0 Å². The lowest BCUT2D eigenvalue weighted by Crippen LogP contribution is -2.39. The van der Waals surface area contributed by atoms with Crippen LogP contribution in [0.2, 0.25) is 0 Å². The van der Waals surface area contributed by atoms with Crippen LogP contribution in [0.5, 0.6) is 0 Å². The van der Waals surface area contributed by atoms with Gasteiger partial charge in [0.25, 0.3) is 0 Å². The molecule has 0 amide bonds. The molecule has 102 valence electrons. The number of aliphatic hydroxyl groups excluding tert-OH is 1. The van der Waals surface area contributed by atoms with Crippen LogP contribution >= 0.6 is 15.9 Å². The summed E-state index contributed by atoms with van der Waals surface area (Å²) in [6.07, 6.45) is 2.00. The molecular weight excluding hydrogens is 290 g/mol. The fourth-order valence-corrected chi connectivity index (χ4v) is 2.02. The van der Waals surface area contributed by atoms with E-state index in [0.29, 0.717) is 6.04 Å². The second-order valence-electron chi connectivity index (χ2n) is 5.43. The third-order valence-corrected chi connectivity index (χ3v) is 4.10. The summed E-state index contributed by atoms with van der Waals surface area (Å²) in [4.78, 5) is 0. The largest absolute Gasteiger partial charge is 0.396 e. The molecule has 0 heterocycles. The maximum Gasteiger partial charge on any atom is 0.0496 e. The molecule has 2 N–H and O–H groups in total. The lowest BCUT2D eigenvalue weighted by Gasteiger charge is -2.28. The quantitative estimate of drug-likeness (QED) is 0.809. The van der Waals surface area contributed by atoms with Crippen molar-refractivity contribution >= 4 is 15.9 Å². The Hall–Kier alpha value is -0.380. The minimum Gasteiger partial charge on any atom is -0.396 e. The summed E-state index contributed by atoms with van der Waals surface area (Å²) in [5.41, 5.74) is 1.33. The molecule has 0 radical (unpaired) electrons. The van der Waals surface area contributed by atoms with Gasteiger partial charge in [0.1, 0.15) is 0 Å². The Labute approximate surface area is 119 Å². The topological polar surface area (TPSA) is 32.3 Å². The van der Waals surface area contributed by atoms with Crippen LogP contribution in [0.4, 0.5) is 0 Å². The summed E-state index contributed by atoms with van der Waals surface area (Å²) in [6.45, 7) is 7.53. The van der Waals surface area contributed by atoms with Gasteiger partial charge in [-0.25, -0.2) is 0 Å². The smallest absolute Gasteiger partial charge is 0.0496 e. The van der Waals surface area contributed by atoms with Crippen molar-refractivity contribution in [2.75, 3.05) is 13.2 Å². The van der Waals surface area contributed by atoms with E-state index in [1.807, 2.05) is 0 Å². The van der Waals surface area contributed by atoms with Crippen LogP contribution < -0.4 is 5.32 Å². The highest BCUT2D eigenvalue weighted by atomic mass is 79.9. The van der Waals surface area contributed by atoms with Gasteiger partial charge in [-0.05, 0) is 37.5 Å². The number of hydrogen-bond acceptors (Lipinski definition) is 2. The van der Waals surface area contributed by atoms with E-state index in [9.17, 15) is 5.11 Å². The first-order chi connectivity index (χ1) is 8.49. The Morgan fingerprint density at radius 3 is 2.44 bits per heavy atom. The van der Waals surface area contributed by atoms with E-state index >= 15 is 0 Å². The van der Waals surface area contributed by atoms with E-state index in [1.165, 1.54) is 5.56 Å². The second kappa shape index (κ2) is 7.27. The van der Waals surface area contributed by atoms with Crippen LogP contribution in [-0.2, 0) is 6.42 Å². The first-order valence-electron chi connectivity index (χ1n) is 6.58. The van der Waals surface area contributed by atoms with Crippen molar-refractivity contribution in [1.82, 2.24) is 5.32 Å². The van der Waals surface area contributed by atoms with Gasteiger partial charge in [-0.1, -0.05) is 41.9 Å². The first-order valence-corrected chi connectivity index (χ1v) is 7.37. The van der Waals surface area contributed by atoms with Crippen molar-refractivity contribution in [1.29, 1.82) is 0 Å². The summed E-state index contributed by atoms with van der Waals surface area (Å²) in [6, 6.07) is 8.86. The first kappa shape index (κ1) is 15.7. The Bertz CT molecular complexity index is 346. The summed E-state index contributed by atoms with van der Waals surface area (Å²) < 4.78 is 1.12. The van der Waals surface area contributed by atoms with Gasteiger partial charge in [-0.2, -0.15) is 0 Å². The fraction of sp³-hybridized carbons (Fsp3) is 0.600. The predicted octanol–water partition coefficient (Wildman–Crippen LogP) is 3.38. The van der Waals surface area contributed by atoms with Crippen LogP contribution in [0.15, 0.2) is 28.7 Å². The molecule has 0 spiro atoms. The SMILES string of the molecule is CCC(C)(CO)CNC(C)Cc1ccc(Br)cc1. The molecule has 0 fully saturated rings. The standard InChI is InChI=1S/C15H24BrNO/c1-4-15(3,11-18)10-17-12(2)9-13-5-7-14(16)8-6-13/h5-8,12,17-18H,4,9-11H2,1-3H3. The van der Waals surface area contributed by atoms with Crippen LogP contribution in [0.1, 0.15) is 32.8 Å². The van der Waals surface area contributed by atoms with Gasteiger partial charge in [0.05, 0.1) is 0 Å². The monoisotopic (exact) mass is 313 g/mol. The molecule has 18 heavy (non-hydrogen) atoms. The Balaban J connectivity index is 2.42. The van der Waals surface area contributed by atoms with E-state index in [4.69, 9.17) is 0 Å². The minimum atomic E-state index is -0.00598. The molecule has 1 aromatic carbocycles. The van der Waals surface area contributed by atoms with E-state index in [-0.39, 0.29) is 12.0 Å². The van der Waals surface area contributed by atoms with Crippen molar-refractivity contribution in [3.63, 3.8) is 0 Å². The number of halogens is 1. The number of aliphatic hydroxyl groups is 1. The van der Waals surface area contributed by atoms with E-state index in [1.54, 1.807) is 0 Å². The number of nitrogens with one attached hydrogen (secondary N) is 1. The molecule has 0 aliphatic carbocycles. The molecular formula is C15H24BrNO. The molecule has 0 bridgehead atoms. The molecule has 1 aromatic rings. The highest BCUT2D eigenvalue weighted by molar-refractivity contribution is 9.10. The van der Waals surface area contributed by atoms with Crippen molar-refractivity contribution in [2.45, 2.75) is 39.7 Å². The Morgan fingerprint density at radius 2 is 1.94 bits per heavy atom. The van der Waals surface area contributed by atoms with Crippen molar-refractivity contribution in [2.24, 2.45) is 5.41 Å². The van der Waals surface area contributed by atoms with Gasteiger partial charge in [0.2, 0.25) is 0 Å². The van der Waals surface area contributed by atoms with E-state index < -0.39 is 0 Å². The van der Waals surface area contributed by atoms with E-state index in [2.05, 4.69) is 66.3 Å². The molecule has 0 saturated carbocycles. The zero-order valence-electron chi connectivity index (χ0n) is 11.5. The van der Waals surface area contributed by atoms with Crippen LogP contribution in [0.25, 0.3) is 0 Å². The highest BCUT2D eigenvalue weighted by Gasteiger charge is 2.21. The molecule has 2 unspecified atom stereocenters. The lowest BCUT2D eigenvalue weighted by molar-refractivity contribution is 0.132. The van der Waals surface area contributed by atoms with E-state index in [0.717, 1.165) is 23.9 Å². The second-order valence-corrected chi connectivity index (χ2v) is 6.35. The van der Waals surface area contributed by atoms with Gasteiger partial charge < -0.3 is 10.4 Å². The summed E-state index contributed by atoms with van der Waals surface area (Å²) in [7, 11) is 0. The Kier molecular flexibility index (Phi) is 6.33. The molecule has 0 aliphatic heterocycles. The van der Waals surface area contributed by atoms with Crippen molar-refractivity contribution < 1.29 is 5.11 Å². The molecule has 0 saturated heterocycles. The summed E-state index contributed by atoms with van der Waals surface area (Å²) in [5, 5.41) is 12.9. The van der Waals surface area contributed by atoms with Crippen molar-refractivity contribution in [3.05, 3.63) is 34.3 Å². The van der Waals surface area contributed by atoms with Crippen LogP contribution in [-0.4, -0.2) is 24.3 Å². The molecule has 0 aliphatic rings. The molecule has 2 nitrogen and oxygen atoms in total. The molecule has 3 heteroatoms. The maximum atomic E-state index is 9.37. The number of hydrogen-bond donors (Lipinski definition) is 2. The number of benzene rings is 1. The number of rotatable bonds is 7. The zero-order chi connectivity index (χ0) is 13.6. The van der Waals surface area contributed by atoms with Crippen LogP contribution in [0.3, 0.4) is 0 Å². The van der Waals surface area contributed by atoms with Gasteiger partial charge in [-0.15, -0.1) is 0 Å². The molecule has 1 rings (SSSR count). The van der Waals surface area contributed by atoms with Crippen LogP contribution in [0, 0.1) is 5.41 Å². The maximum absolute atomic E-state index is 9.37. The highest BCUT2D eigenvalue weighted by Crippen LogP contribution is 2.19.